The largest absolute Gasteiger partial charge is 0.349 e. The van der Waals surface area contributed by atoms with E-state index in [0.29, 0.717) is 13.0 Å². The summed E-state index contributed by atoms with van der Waals surface area (Å²) in [5, 5.41) is 0. The predicted molar refractivity (Wildman–Crippen MR) is 80.0 cm³/mol. The van der Waals surface area contributed by atoms with E-state index >= 15 is 0 Å². The fourth-order valence-electron chi connectivity index (χ4n) is 1.86. The van der Waals surface area contributed by atoms with Crippen LogP contribution in [0.3, 0.4) is 0 Å². The lowest BCUT2D eigenvalue weighted by atomic mass is 10.0. The summed E-state index contributed by atoms with van der Waals surface area (Å²) in [6, 6.07) is 11.9. The lowest BCUT2D eigenvalue weighted by Gasteiger charge is -2.10. The van der Waals surface area contributed by atoms with Gasteiger partial charge in [-0.1, -0.05) is 30.3 Å². The van der Waals surface area contributed by atoms with E-state index in [-0.39, 0.29) is 5.91 Å². The fourth-order valence-corrected chi connectivity index (χ4v) is 1.86. The van der Waals surface area contributed by atoms with Gasteiger partial charge in [-0.25, -0.2) is 0 Å². The number of carbonyl (C=O) groups is 1. The number of nitrogens with two attached hydrogens (primary N) is 1. The molecular weight excluding hydrogens is 250 g/mol. The Morgan fingerprint density at radius 3 is 2.25 bits per heavy atom. The van der Waals surface area contributed by atoms with Gasteiger partial charge in [0.1, 0.15) is 0 Å². The molecule has 1 aromatic carbocycles. The van der Waals surface area contributed by atoms with Crippen LogP contribution in [0, 0.1) is 0 Å². The molecule has 104 valence electrons. The number of hydrogen-bond acceptors (Lipinski definition) is 3. The highest BCUT2D eigenvalue weighted by molar-refractivity contribution is 5.78. The molecule has 1 aromatic heterocycles. The zero-order valence-corrected chi connectivity index (χ0v) is 11.8. The van der Waals surface area contributed by atoms with Crippen molar-refractivity contribution in [3.63, 3.8) is 0 Å². The summed E-state index contributed by atoms with van der Waals surface area (Å²) in [5.41, 5.74) is 9.55. The first-order chi connectivity index (χ1) is 9.60. The van der Waals surface area contributed by atoms with Crippen molar-refractivity contribution in [3.05, 3.63) is 53.9 Å². The Bertz CT molecular complexity index is 574. The van der Waals surface area contributed by atoms with Crippen LogP contribution in [0.4, 0.5) is 0 Å². The minimum Gasteiger partial charge on any atom is -0.349 e. The van der Waals surface area contributed by atoms with Crippen molar-refractivity contribution in [3.8, 4) is 11.1 Å². The van der Waals surface area contributed by atoms with E-state index in [1.54, 1.807) is 19.0 Å². The Kier molecular flexibility index (Phi) is 4.48. The third kappa shape index (κ3) is 3.42. The Labute approximate surface area is 119 Å². The average molecular weight is 269 g/mol. The first-order valence-electron chi connectivity index (χ1n) is 6.54. The zero-order chi connectivity index (χ0) is 14.5. The topological polar surface area (TPSA) is 59.2 Å². The molecule has 2 rings (SSSR count). The van der Waals surface area contributed by atoms with E-state index in [9.17, 15) is 4.79 Å². The fraction of sp³-hybridized carbons (Fsp3) is 0.250. The second kappa shape index (κ2) is 6.30. The van der Waals surface area contributed by atoms with Crippen LogP contribution in [0.5, 0.6) is 0 Å². The van der Waals surface area contributed by atoms with Gasteiger partial charge in [0.25, 0.3) is 0 Å². The molecule has 0 aliphatic carbocycles. The molecule has 0 bridgehead atoms. The Balaban J connectivity index is 2.12. The molecule has 20 heavy (non-hydrogen) atoms. The monoisotopic (exact) mass is 269 g/mol. The van der Waals surface area contributed by atoms with Crippen molar-refractivity contribution < 1.29 is 4.79 Å². The SMILES string of the molecule is CN(C)C(=O)Cc1ccc(-c2ccc(CN)nc2)cc1. The van der Waals surface area contributed by atoms with Gasteiger partial charge in [-0.2, -0.15) is 0 Å². The molecule has 0 atom stereocenters. The molecule has 0 saturated heterocycles. The minimum absolute atomic E-state index is 0.103. The van der Waals surface area contributed by atoms with E-state index < -0.39 is 0 Å². The molecular formula is C16H19N3O. The summed E-state index contributed by atoms with van der Waals surface area (Å²) in [5.74, 6) is 0.103. The summed E-state index contributed by atoms with van der Waals surface area (Å²) in [6.07, 6.45) is 2.25. The molecule has 1 amide bonds. The van der Waals surface area contributed by atoms with Crippen LogP contribution in [0.2, 0.25) is 0 Å². The van der Waals surface area contributed by atoms with E-state index in [0.717, 1.165) is 22.4 Å². The summed E-state index contributed by atoms with van der Waals surface area (Å²) < 4.78 is 0. The quantitative estimate of drug-likeness (QED) is 0.921. The molecule has 2 aromatic rings. The summed E-state index contributed by atoms with van der Waals surface area (Å²) >= 11 is 0. The van der Waals surface area contributed by atoms with Crippen LogP contribution in [-0.4, -0.2) is 29.9 Å². The maximum atomic E-state index is 11.6. The second-order valence-corrected chi connectivity index (χ2v) is 4.90. The van der Waals surface area contributed by atoms with Crippen molar-refractivity contribution >= 4 is 5.91 Å². The third-order valence-corrected chi connectivity index (χ3v) is 3.18. The summed E-state index contributed by atoms with van der Waals surface area (Å²) in [4.78, 5) is 17.5. The van der Waals surface area contributed by atoms with Crippen molar-refractivity contribution in [1.82, 2.24) is 9.88 Å². The molecule has 1 heterocycles. The molecule has 0 aliphatic rings. The van der Waals surface area contributed by atoms with Gasteiger partial charge in [-0.15, -0.1) is 0 Å². The van der Waals surface area contributed by atoms with Crippen molar-refractivity contribution in [1.29, 1.82) is 0 Å². The molecule has 0 saturated carbocycles. The highest BCUT2D eigenvalue weighted by Gasteiger charge is 2.06. The van der Waals surface area contributed by atoms with Gasteiger partial charge in [0, 0.05) is 32.4 Å². The first-order valence-corrected chi connectivity index (χ1v) is 6.54. The minimum atomic E-state index is 0.103. The van der Waals surface area contributed by atoms with Gasteiger partial charge in [0.2, 0.25) is 5.91 Å². The number of benzene rings is 1. The number of nitrogens with zero attached hydrogens (tertiary/aromatic N) is 2. The van der Waals surface area contributed by atoms with E-state index in [1.807, 2.05) is 42.6 Å². The second-order valence-electron chi connectivity index (χ2n) is 4.90. The third-order valence-electron chi connectivity index (χ3n) is 3.18. The predicted octanol–water partition coefficient (Wildman–Crippen LogP) is 1.84. The molecule has 4 nitrogen and oxygen atoms in total. The lowest BCUT2D eigenvalue weighted by Crippen LogP contribution is -2.23. The van der Waals surface area contributed by atoms with Crippen molar-refractivity contribution in [2.45, 2.75) is 13.0 Å². The van der Waals surface area contributed by atoms with Gasteiger partial charge in [-0.3, -0.25) is 9.78 Å². The first kappa shape index (κ1) is 14.2. The number of pyridine rings is 1. The molecule has 2 N–H and O–H groups in total. The van der Waals surface area contributed by atoms with Crippen molar-refractivity contribution in [2.24, 2.45) is 5.73 Å². The number of carbonyl (C=O) groups excluding carboxylic acids is 1. The lowest BCUT2D eigenvalue weighted by molar-refractivity contribution is -0.127. The molecule has 0 spiro atoms. The number of amides is 1. The number of aromatic nitrogens is 1. The average Bonchev–Trinajstić information content (AvgIpc) is 2.48. The molecule has 0 unspecified atom stereocenters. The summed E-state index contributed by atoms with van der Waals surface area (Å²) in [7, 11) is 3.53. The van der Waals surface area contributed by atoms with E-state index in [2.05, 4.69) is 4.98 Å². The van der Waals surface area contributed by atoms with Gasteiger partial charge in [0.15, 0.2) is 0 Å². The van der Waals surface area contributed by atoms with Crippen LogP contribution in [0.25, 0.3) is 11.1 Å². The van der Waals surface area contributed by atoms with Gasteiger partial charge in [0.05, 0.1) is 12.1 Å². The Hall–Kier alpha value is -2.20. The van der Waals surface area contributed by atoms with Crippen LogP contribution >= 0.6 is 0 Å². The van der Waals surface area contributed by atoms with Crippen LogP contribution in [0.1, 0.15) is 11.3 Å². The van der Waals surface area contributed by atoms with Crippen LogP contribution in [-0.2, 0) is 17.8 Å². The van der Waals surface area contributed by atoms with E-state index in [1.165, 1.54) is 0 Å². The van der Waals surface area contributed by atoms with Crippen molar-refractivity contribution in [2.75, 3.05) is 14.1 Å². The van der Waals surface area contributed by atoms with Gasteiger partial charge in [-0.05, 0) is 17.2 Å². The highest BCUT2D eigenvalue weighted by atomic mass is 16.2. The smallest absolute Gasteiger partial charge is 0.226 e. The van der Waals surface area contributed by atoms with Crippen LogP contribution in [0.15, 0.2) is 42.6 Å². The molecule has 4 heteroatoms. The standard InChI is InChI=1S/C16H19N3O/c1-19(2)16(20)9-12-3-5-13(6-4-12)14-7-8-15(10-17)18-11-14/h3-8,11H,9-10,17H2,1-2H3. The molecule has 0 fully saturated rings. The molecule has 0 aliphatic heterocycles. The van der Waals surface area contributed by atoms with E-state index in [4.69, 9.17) is 5.73 Å². The normalized spacial score (nSPS) is 10.3. The maximum Gasteiger partial charge on any atom is 0.226 e. The highest BCUT2D eigenvalue weighted by Crippen LogP contribution is 2.19. The Morgan fingerprint density at radius 2 is 1.75 bits per heavy atom. The number of rotatable bonds is 4. The van der Waals surface area contributed by atoms with Gasteiger partial charge < -0.3 is 10.6 Å². The number of hydrogen-bond donors (Lipinski definition) is 1. The maximum absolute atomic E-state index is 11.6. The molecule has 0 radical (unpaired) electrons. The number of likely N-dealkylation sites (N-methyl/N-ethyl adjacent to an activating group) is 1. The Morgan fingerprint density at radius 1 is 1.10 bits per heavy atom. The van der Waals surface area contributed by atoms with Gasteiger partial charge >= 0.3 is 0 Å². The van der Waals surface area contributed by atoms with Crippen LogP contribution < -0.4 is 5.73 Å². The summed E-state index contributed by atoms with van der Waals surface area (Å²) in [6.45, 7) is 0.450. The zero-order valence-electron chi connectivity index (χ0n) is 11.8.